The number of nitrogens with zero attached hydrogens (tertiary/aromatic N) is 1. The monoisotopic (exact) mass is 413 g/mol. The number of nitrogens with one attached hydrogen (secondary N) is 2. The zero-order chi connectivity index (χ0) is 19.8. The number of anilines is 1. The first kappa shape index (κ1) is 19.4. The average Bonchev–Trinajstić information content (AvgIpc) is 3.43. The lowest BCUT2D eigenvalue weighted by molar-refractivity contribution is -0.150. The molecular weight excluding hydrogens is 397 g/mol. The second kappa shape index (κ2) is 7.36. The molecule has 1 aromatic rings. The minimum Gasteiger partial charge on any atom is -0.454 e. The lowest BCUT2D eigenvalue weighted by Gasteiger charge is -2.20. The summed E-state index contributed by atoms with van der Waals surface area (Å²) >= 11 is 11.8. The molecule has 0 unspecified atom stereocenters. The quantitative estimate of drug-likeness (QED) is 0.549. The van der Waals surface area contributed by atoms with E-state index in [0.29, 0.717) is 0 Å². The van der Waals surface area contributed by atoms with Gasteiger partial charge >= 0.3 is 12.0 Å². The number of hydrogen-bond acceptors (Lipinski definition) is 5. The maximum Gasteiger partial charge on any atom is 0.326 e. The van der Waals surface area contributed by atoms with E-state index in [1.54, 1.807) is 25.1 Å². The Hall–Kier alpha value is -2.32. The van der Waals surface area contributed by atoms with E-state index in [1.165, 1.54) is 0 Å². The number of benzene rings is 1. The molecule has 2 fully saturated rings. The highest BCUT2D eigenvalue weighted by molar-refractivity contribution is 6.44. The van der Waals surface area contributed by atoms with Crippen molar-refractivity contribution in [1.82, 2.24) is 10.2 Å². The van der Waals surface area contributed by atoms with Crippen LogP contribution in [0.1, 0.15) is 19.8 Å². The molecule has 144 valence electrons. The van der Waals surface area contributed by atoms with Crippen molar-refractivity contribution in [3.8, 4) is 0 Å². The Morgan fingerprint density at radius 1 is 1.33 bits per heavy atom. The number of esters is 1. The van der Waals surface area contributed by atoms with Crippen LogP contribution in [0.25, 0.3) is 0 Å². The minimum atomic E-state index is -0.974. The van der Waals surface area contributed by atoms with Crippen LogP contribution in [0, 0.1) is 5.92 Å². The Bertz CT molecular complexity index is 827. The molecule has 1 aliphatic heterocycles. The van der Waals surface area contributed by atoms with Crippen LogP contribution >= 0.6 is 23.2 Å². The zero-order valence-electron chi connectivity index (χ0n) is 14.4. The smallest absolute Gasteiger partial charge is 0.326 e. The third-order valence-corrected chi connectivity index (χ3v) is 5.39. The molecule has 1 aliphatic carbocycles. The molecule has 0 radical (unpaired) electrons. The van der Waals surface area contributed by atoms with Crippen LogP contribution in [0.4, 0.5) is 10.5 Å². The first-order valence-electron chi connectivity index (χ1n) is 8.26. The Labute approximate surface area is 165 Å². The number of hydrogen-bond donors (Lipinski definition) is 2. The summed E-state index contributed by atoms with van der Waals surface area (Å²) in [5, 5.41) is 5.52. The van der Waals surface area contributed by atoms with Crippen molar-refractivity contribution < 1.29 is 23.9 Å². The van der Waals surface area contributed by atoms with Gasteiger partial charge < -0.3 is 15.4 Å². The summed E-state index contributed by atoms with van der Waals surface area (Å²) in [4.78, 5) is 49.1. The molecule has 27 heavy (non-hydrogen) atoms. The standard InChI is InChI=1S/C17H17Cl2N3O5/c1-17(9-5-6-9)15(25)22(16(26)21-17)7-13(24)27-8-12(23)20-11-4-2-3-10(18)14(11)19/h2-4,9H,5-8H2,1H3,(H,20,23)(H,21,26)/t17-/m1/s1. The second-order valence-corrected chi connectivity index (χ2v) is 7.39. The molecule has 2 N–H and O–H groups in total. The number of imide groups is 1. The summed E-state index contributed by atoms with van der Waals surface area (Å²) in [5.41, 5.74) is -0.697. The van der Waals surface area contributed by atoms with Crippen molar-refractivity contribution in [2.24, 2.45) is 5.92 Å². The minimum absolute atomic E-state index is 0.0863. The summed E-state index contributed by atoms with van der Waals surface area (Å²) in [5.74, 6) is -1.87. The van der Waals surface area contributed by atoms with Crippen LogP contribution in [0.3, 0.4) is 0 Å². The zero-order valence-corrected chi connectivity index (χ0v) is 15.9. The molecule has 1 atom stereocenters. The second-order valence-electron chi connectivity index (χ2n) is 6.61. The van der Waals surface area contributed by atoms with Crippen LogP contribution in [0.2, 0.25) is 10.0 Å². The number of amides is 4. The van der Waals surface area contributed by atoms with Gasteiger partial charge in [-0.1, -0.05) is 29.3 Å². The molecule has 1 aromatic carbocycles. The highest BCUT2D eigenvalue weighted by Crippen LogP contribution is 2.42. The predicted molar refractivity (Wildman–Crippen MR) is 97.4 cm³/mol. The van der Waals surface area contributed by atoms with Crippen molar-refractivity contribution in [2.45, 2.75) is 25.3 Å². The highest BCUT2D eigenvalue weighted by Gasteiger charge is 2.56. The topological polar surface area (TPSA) is 105 Å². The number of ether oxygens (including phenoxy) is 1. The molecule has 3 rings (SSSR count). The van der Waals surface area contributed by atoms with Crippen LogP contribution in [0.15, 0.2) is 18.2 Å². The summed E-state index contributed by atoms with van der Waals surface area (Å²) in [6.45, 7) is 0.502. The van der Waals surface area contributed by atoms with Crippen molar-refractivity contribution >= 4 is 52.7 Å². The van der Waals surface area contributed by atoms with Gasteiger partial charge in [0.1, 0.15) is 12.1 Å². The molecule has 8 nitrogen and oxygen atoms in total. The number of urea groups is 1. The lowest BCUT2D eigenvalue weighted by Crippen LogP contribution is -2.46. The molecule has 2 aliphatic rings. The van der Waals surface area contributed by atoms with Crippen molar-refractivity contribution in [3.63, 3.8) is 0 Å². The largest absolute Gasteiger partial charge is 0.454 e. The van der Waals surface area contributed by atoms with E-state index in [0.717, 1.165) is 17.7 Å². The van der Waals surface area contributed by atoms with E-state index < -0.39 is 42.5 Å². The van der Waals surface area contributed by atoms with Gasteiger partial charge in [-0.3, -0.25) is 19.3 Å². The number of carbonyl (C=O) groups excluding carboxylic acids is 4. The predicted octanol–water partition coefficient (Wildman–Crippen LogP) is 2.20. The van der Waals surface area contributed by atoms with Crippen molar-refractivity contribution in [2.75, 3.05) is 18.5 Å². The molecule has 1 heterocycles. The maximum atomic E-state index is 12.4. The average molecular weight is 414 g/mol. The normalized spacial score (nSPS) is 21.8. The van der Waals surface area contributed by atoms with E-state index in [2.05, 4.69) is 10.6 Å². The maximum absolute atomic E-state index is 12.4. The van der Waals surface area contributed by atoms with E-state index >= 15 is 0 Å². The summed E-state index contributed by atoms with van der Waals surface area (Å²) in [6, 6.07) is 4.07. The Balaban J connectivity index is 1.51. The summed E-state index contributed by atoms with van der Waals surface area (Å²) in [7, 11) is 0. The van der Waals surface area contributed by atoms with E-state index in [4.69, 9.17) is 27.9 Å². The van der Waals surface area contributed by atoms with Gasteiger partial charge in [0.05, 0.1) is 15.7 Å². The van der Waals surface area contributed by atoms with Gasteiger partial charge in [-0.05, 0) is 37.8 Å². The first-order chi connectivity index (χ1) is 12.7. The molecule has 10 heteroatoms. The Morgan fingerprint density at radius 2 is 2.04 bits per heavy atom. The van der Waals surface area contributed by atoms with Gasteiger partial charge in [-0.2, -0.15) is 0 Å². The van der Waals surface area contributed by atoms with Gasteiger partial charge in [0.15, 0.2) is 6.61 Å². The van der Waals surface area contributed by atoms with Crippen molar-refractivity contribution in [1.29, 1.82) is 0 Å². The van der Waals surface area contributed by atoms with Gasteiger partial charge in [0.25, 0.3) is 11.8 Å². The number of carbonyl (C=O) groups is 4. The molecular formula is C17H17Cl2N3O5. The Kier molecular flexibility index (Phi) is 5.30. The third kappa shape index (κ3) is 4.01. The number of rotatable bonds is 6. The SMILES string of the molecule is C[C@]1(C2CC2)NC(=O)N(CC(=O)OCC(=O)Nc2cccc(Cl)c2Cl)C1=O. The highest BCUT2D eigenvalue weighted by atomic mass is 35.5. The van der Waals surface area contributed by atoms with Crippen molar-refractivity contribution in [3.05, 3.63) is 28.2 Å². The third-order valence-electron chi connectivity index (χ3n) is 4.57. The number of halogens is 2. The first-order valence-corrected chi connectivity index (χ1v) is 9.01. The molecule has 0 spiro atoms. The van der Waals surface area contributed by atoms with Crippen LogP contribution in [-0.2, 0) is 19.1 Å². The molecule has 4 amide bonds. The van der Waals surface area contributed by atoms with E-state index in [9.17, 15) is 19.2 Å². The van der Waals surface area contributed by atoms with Gasteiger partial charge in [0.2, 0.25) is 0 Å². The molecule has 1 saturated heterocycles. The fourth-order valence-electron chi connectivity index (χ4n) is 2.90. The summed E-state index contributed by atoms with van der Waals surface area (Å²) in [6.07, 6.45) is 1.71. The lowest BCUT2D eigenvalue weighted by atomic mass is 9.96. The van der Waals surface area contributed by atoms with Crippen LogP contribution in [-0.4, -0.2) is 47.4 Å². The van der Waals surface area contributed by atoms with Gasteiger partial charge in [-0.15, -0.1) is 0 Å². The van der Waals surface area contributed by atoms with E-state index in [1.807, 2.05) is 0 Å². The Morgan fingerprint density at radius 3 is 2.70 bits per heavy atom. The van der Waals surface area contributed by atoms with Gasteiger partial charge in [-0.25, -0.2) is 4.79 Å². The molecule has 1 saturated carbocycles. The fraction of sp³-hybridized carbons (Fsp3) is 0.412. The molecule has 0 bridgehead atoms. The van der Waals surface area contributed by atoms with Gasteiger partial charge in [0, 0.05) is 0 Å². The van der Waals surface area contributed by atoms with E-state index in [-0.39, 0.29) is 21.7 Å². The van der Waals surface area contributed by atoms with Crippen LogP contribution in [0.5, 0.6) is 0 Å². The fourth-order valence-corrected chi connectivity index (χ4v) is 3.25. The van der Waals surface area contributed by atoms with Crippen LogP contribution < -0.4 is 10.6 Å². The molecule has 0 aromatic heterocycles. The summed E-state index contributed by atoms with van der Waals surface area (Å²) < 4.78 is 4.85.